The summed E-state index contributed by atoms with van der Waals surface area (Å²) in [5.41, 5.74) is 2.45. The number of carbonyl (C=O) groups excluding carboxylic acids is 1. The third kappa shape index (κ3) is 3.12. The molecule has 5 nitrogen and oxygen atoms in total. The predicted octanol–water partition coefficient (Wildman–Crippen LogP) is 5.65. The Hall–Kier alpha value is -2.76. The van der Waals surface area contributed by atoms with Gasteiger partial charge >= 0.3 is 0 Å². The first-order valence-corrected chi connectivity index (χ1v) is 8.06. The molecule has 124 valence electrons. The van der Waals surface area contributed by atoms with Gasteiger partial charge in [-0.2, -0.15) is 0 Å². The van der Waals surface area contributed by atoms with Crippen molar-refractivity contribution >= 4 is 45.9 Å². The van der Waals surface area contributed by atoms with Gasteiger partial charge in [-0.05, 0) is 48.5 Å². The summed E-state index contributed by atoms with van der Waals surface area (Å²) in [6.07, 6.45) is 1.45. The molecule has 0 bridgehead atoms. The monoisotopic (exact) mass is 372 g/mol. The van der Waals surface area contributed by atoms with Crippen molar-refractivity contribution < 1.29 is 13.6 Å². The summed E-state index contributed by atoms with van der Waals surface area (Å²) >= 11 is 12.1. The van der Waals surface area contributed by atoms with Crippen molar-refractivity contribution in [1.82, 2.24) is 4.98 Å². The number of hydrogen-bond acceptors (Lipinski definition) is 4. The van der Waals surface area contributed by atoms with Crippen LogP contribution >= 0.6 is 23.2 Å². The zero-order valence-electron chi connectivity index (χ0n) is 12.6. The molecule has 7 heteroatoms. The largest absolute Gasteiger partial charge is 0.459 e. The third-order valence-corrected chi connectivity index (χ3v) is 4.04. The van der Waals surface area contributed by atoms with Gasteiger partial charge in [-0.1, -0.05) is 23.2 Å². The van der Waals surface area contributed by atoms with Crippen LogP contribution in [0.3, 0.4) is 0 Å². The number of carbonyl (C=O) groups is 1. The number of rotatable bonds is 3. The lowest BCUT2D eigenvalue weighted by Crippen LogP contribution is -2.10. The topological polar surface area (TPSA) is 68.3 Å². The molecule has 25 heavy (non-hydrogen) atoms. The zero-order valence-corrected chi connectivity index (χ0v) is 14.1. The molecule has 0 fully saturated rings. The Kier molecular flexibility index (Phi) is 3.95. The number of nitrogens with zero attached hydrogens (tertiary/aromatic N) is 1. The molecule has 2 aromatic carbocycles. The number of aromatic nitrogens is 1. The van der Waals surface area contributed by atoms with Crippen LogP contribution in [0.25, 0.3) is 22.6 Å². The van der Waals surface area contributed by atoms with E-state index in [1.165, 1.54) is 6.26 Å². The Morgan fingerprint density at radius 2 is 1.88 bits per heavy atom. The molecule has 0 aliphatic heterocycles. The average molecular weight is 373 g/mol. The van der Waals surface area contributed by atoms with Crippen molar-refractivity contribution in [1.29, 1.82) is 0 Å². The molecule has 1 amide bonds. The Balaban J connectivity index is 1.60. The lowest BCUT2D eigenvalue weighted by Gasteiger charge is -2.03. The maximum absolute atomic E-state index is 12.0. The molecule has 0 atom stereocenters. The fourth-order valence-electron chi connectivity index (χ4n) is 2.38. The molecule has 0 aliphatic rings. The standard InChI is InChI=1S/C18H10Cl2N2O3/c19-11-8-13(20)16-14(9-11)22-18(25-16)10-3-5-12(6-4-10)21-17(23)15-2-1-7-24-15/h1-9H,(H,21,23). The minimum Gasteiger partial charge on any atom is -0.459 e. The van der Waals surface area contributed by atoms with Crippen molar-refractivity contribution in [2.75, 3.05) is 5.32 Å². The van der Waals surface area contributed by atoms with E-state index in [2.05, 4.69) is 10.3 Å². The molecule has 0 saturated carbocycles. The molecule has 0 unspecified atom stereocenters. The maximum Gasteiger partial charge on any atom is 0.291 e. The van der Waals surface area contributed by atoms with E-state index in [1.54, 1.807) is 48.5 Å². The number of hydrogen-bond donors (Lipinski definition) is 1. The van der Waals surface area contributed by atoms with E-state index in [4.69, 9.17) is 32.0 Å². The number of oxazole rings is 1. The van der Waals surface area contributed by atoms with E-state index in [9.17, 15) is 4.79 Å². The summed E-state index contributed by atoms with van der Waals surface area (Å²) in [6.45, 7) is 0. The van der Waals surface area contributed by atoms with Crippen LogP contribution < -0.4 is 5.32 Å². The van der Waals surface area contributed by atoms with Crippen molar-refractivity contribution in [3.05, 3.63) is 70.6 Å². The van der Waals surface area contributed by atoms with E-state index < -0.39 is 0 Å². The van der Waals surface area contributed by atoms with Gasteiger partial charge in [0.2, 0.25) is 5.89 Å². The van der Waals surface area contributed by atoms with Gasteiger partial charge in [0.15, 0.2) is 11.3 Å². The molecule has 4 aromatic rings. The van der Waals surface area contributed by atoms with Crippen LogP contribution in [-0.4, -0.2) is 10.9 Å². The maximum atomic E-state index is 12.0. The number of fused-ring (bicyclic) bond motifs is 1. The highest BCUT2D eigenvalue weighted by Gasteiger charge is 2.13. The Morgan fingerprint density at radius 3 is 2.60 bits per heavy atom. The van der Waals surface area contributed by atoms with Gasteiger partial charge in [0.1, 0.15) is 5.52 Å². The highest BCUT2D eigenvalue weighted by Crippen LogP contribution is 2.32. The number of anilines is 1. The van der Waals surface area contributed by atoms with Gasteiger partial charge in [-0.3, -0.25) is 4.79 Å². The van der Waals surface area contributed by atoms with Gasteiger partial charge in [0.05, 0.1) is 11.3 Å². The molecular weight excluding hydrogens is 363 g/mol. The minimum absolute atomic E-state index is 0.245. The molecule has 2 heterocycles. The quantitative estimate of drug-likeness (QED) is 0.504. The summed E-state index contributed by atoms with van der Waals surface area (Å²) in [5.74, 6) is 0.346. The lowest BCUT2D eigenvalue weighted by atomic mass is 10.2. The van der Waals surface area contributed by atoms with Crippen LogP contribution in [0.2, 0.25) is 10.0 Å². The Morgan fingerprint density at radius 1 is 1.08 bits per heavy atom. The minimum atomic E-state index is -0.318. The first kappa shape index (κ1) is 15.7. The van der Waals surface area contributed by atoms with Crippen molar-refractivity contribution in [2.45, 2.75) is 0 Å². The predicted molar refractivity (Wildman–Crippen MR) is 96.1 cm³/mol. The van der Waals surface area contributed by atoms with Crippen LogP contribution in [-0.2, 0) is 0 Å². The van der Waals surface area contributed by atoms with Gasteiger partial charge in [-0.25, -0.2) is 4.98 Å². The SMILES string of the molecule is O=C(Nc1ccc(-c2nc3cc(Cl)cc(Cl)c3o2)cc1)c1ccco1. The van der Waals surface area contributed by atoms with E-state index >= 15 is 0 Å². The zero-order chi connectivity index (χ0) is 17.4. The third-order valence-electron chi connectivity index (χ3n) is 3.54. The van der Waals surface area contributed by atoms with Gasteiger partial charge in [0.25, 0.3) is 5.91 Å². The first-order valence-electron chi connectivity index (χ1n) is 7.31. The van der Waals surface area contributed by atoms with Crippen LogP contribution in [0.4, 0.5) is 5.69 Å². The lowest BCUT2D eigenvalue weighted by molar-refractivity contribution is 0.0996. The highest BCUT2D eigenvalue weighted by atomic mass is 35.5. The van der Waals surface area contributed by atoms with E-state index in [-0.39, 0.29) is 11.7 Å². The normalized spacial score (nSPS) is 11.0. The summed E-state index contributed by atoms with van der Waals surface area (Å²) in [7, 11) is 0. The van der Waals surface area contributed by atoms with E-state index in [0.717, 1.165) is 5.56 Å². The molecule has 2 aromatic heterocycles. The van der Waals surface area contributed by atoms with Crippen LogP contribution in [0.5, 0.6) is 0 Å². The second-order valence-electron chi connectivity index (χ2n) is 5.26. The van der Waals surface area contributed by atoms with Gasteiger partial charge < -0.3 is 14.2 Å². The molecular formula is C18H10Cl2N2O3. The molecule has 4 rings (SSSR count). The Bertz CT molecular complexity index is 1050. The highest BCUT2D eigenvalue weighted by molar-refractivity contribution is 6.38. The number of amides is 1. The van der Waals surface area contributed by atoms with Crippen LogP contribution in [0.1, 0.15) is 10.6 Å². The van der Waals surface area contributed by atoms with Crippen molar-refractivity contribution in [3.8, 4) is 11.5 Å². The summed E-state index contributed by atoms with van der Waals surface area (Å²) in [6, 6.07) is 13.6. The van der Waals surface area contributed by atoms with Crippen molar-refractivity contribution in [3.63, 3.8) is 0 Å². The van der Waals surface area contributed by atoms with Gasteiger partial charge in [0, 0.05) is 16.3 Å². The first-order chi connectivity index (χ1) is 12.1. The van der Waals surface area contributed by atoms with Crippen molar-refractivity contribution in [2.24, 2.45) is 0 Å². The number of nitrogens with one attached hydrogen (secondary N) is 1. The fourth-order valence-corrected chi connectivity index (χ4v) is 2.90. The number of halogens is 2. The Labute approximate surface area is 152 Å². The smallest absolute Gasteiger partial charge is 0.291 e. The second-order valence-corrected chi connectivity index (χ2v) is 6.11. The number of furan rings is 1. The summed E-state index contributed by atoms with van der Waals surface area (Å²) in [5, 5.41) is 3.64. The molecule has 0 saturated heterocycles. The number of benzene rings is 2. The molecule has 0 spiro atoms. The van der Waals surface area contributed by atoms with Gasteiger partial charge in [-0.15, -0.1) is 0 Å². The average Bonchev–Trinajstić information content (AvgIpc) is 3.25. The molecule has 1 N–H and O–H groups in total. The summed E-state index contributed by atoms with van der Waals surface area (Å²) in [4.78, 5) is 16.4. The van der Waals surface area contributed by atoms with E-state index in [1.807, 2.05) is 0 Å². The fraction of sp³-hybridized carbons (Fsp3) is 0. The van der Waals surface area contributed by atoms with E-state index in [0.29, 0.717) is 32.7 Å². The second kappa shape index (κ2) is 6.27. The molecule has 0 radical (unpaired) electrons. The van der Waals surface area contributed by atoms with Crippen LogP contribution in [0.15, 0.2) is 63.6 Å². The molecule has 0 aliphatic carbocycles. The van der Waals surface area contributed by atoms with Crippen LogP contribution in [0, 0.1) is 0 Å². The summed E-state index contributed by atoms with van der Waals surface area (Å²) < 4.78 is 10.8.